The van der Waals surface area contributed by atoms with Crippen LogP contribution < -0.4 is 5.32 Å². The fraction of sp³-hybridized carbons (Fsp3) is 0.750. The average Bonchev–Trinajstić information content (AvgIpc) is 2.64. The van der Waals surface area contributed by atoms with Gasteiger partial charge in [0, 0.05) is 11.6 Å². The predicted molar refractivity (Wildman–Crippen MR) is 91.2 cm³/mol. The third kappa shape index (κ3) is 4.91. The molecule has 1 aromatic heterocycles. The monoisotopic (exact) mass is 333 g/mol. The van der Waals surface area contributed by atoms with Crippen LogP contribution in [-0.2, 0) is 0 Å². The number of thiophene rings is 1. The Balaban J connectivity index is 2.04. The molecule has 0 spiro atoms. The highest BCUT2D eigenvalue weighted by molar-refractivity contribution is 7.20. The lowest BCUT2D eigenvalue weighted by molar-refractivity contribution is 0.357. The maximum atomic E-state index is 6.36. The van der Waals surface area contributed by atoms with Crippen molar-refractivity contribution in [2.75, 3.05) is 6.54 Å². The number of hydrogen-bond donors (Lipinski definition) is 1. The number of rotatable bonds is 6. The van der Waals surface area contributed by atoms with Crippen LogP contribution in [0.4, 0.5) is 0 Å². The van der Waals surface area contributed by atoms with Gasteiger partial charge < -0.3 is 5.32 Å². The van der Waals surface area contributed by atoms with E-state index in [1.54, 1.807) is 0 Å². The van der Waals surface area contributed by atoms with E-state index >= 15 is 0 Å². The van der Waals surface area contributed by atoms with Crippen LogP contribution in [0.15, 0.2) is 6.07 Å². The first-order chi connectivity index (χ1) is 9.70. The highest BCUT2D eigenvalue weighted by Gasteiger charge is 2.22. The Hall–Kier alpha value is 0.240. The van der Waals surface area contributed by atoms with Crippen molar-refractivity contribution < 1.29 is 0 Å². The Morgan fingerprint density at radius 3 is 2.50 bits per heavy atom. The molecule has 0 aliphatic heterocycles. The van der Waals surface area contributed by atoms with Crippen molar-refractivity contribution in [2.24, 2.45) is 5.92 Å². The van der Waals surface area contributed by atoms with E-state index < -0.39 is 0 Å². The quantitative estimate of drug-likeness (QED) is 0.589. The van der Waals surface area contributed by atoms with Crippen molar-refractivity contribution in [1.82, 2.24) is 5.32 Å². The third-order valence-corrected chi connectivity index (χ3v) is 5.76. The van der Waals surface area contributed by atoms with Gasteiger partial charge in [0.15, 0.2) is 0 Å². The van der Waals surface area contributed by atoms with Gasteiger partial charge in [0.1, 0.15) is 0 Å². The minimum absolute atomic E-state index is 0.370. The lowest BCUT2D eigenvalue weighted by Gasteiger charge is -2.23. The fourth-order valence-corrected chi connectivity index (χ4v) is 4.74. The van der Waals surface area contributed by atoms with E-state index in [9.17, 15) is 0 Å². The molecule has 1 saturated carbocycles. The molecule has 0 radical (unpaired) electrons. The summed E-state index contributed by atoms with van der Waals surface area (Å²) < 4.78 is 1.66. The maximum absolute atomic E-state index is 6.36. The fourth-order valence-electron chi connectivity index (χ4n) is 3.16. The molecule has 1 N–H and O–H groups in total. The Labute approximate surface area is 137 Å². The Morgan fingerprint density at radius 2 is 1.95 bits per heavy atom. The molecule has 1 heterocycles. The summed E-state index contributed by atoms with van der Waals surface area (Å²) in [5.74, 6) is 0.835. The van der Waals surface area contributed by atoms with Gasteiger partial charge in [-0.25, -0.2) is 0 Å². The van der Waals surface area contributed by atoms with Crippen molar-refractivity contribution in [3.05, 3.63) is 20.3 Å². The van der Waals surface area contributed by atoms with Gasteiger partial charge >= 0.3 is 0 Å². The molecule has 4 heteroatoms. The molecule has 114 valence electrons. The second-order valence-electron chi connectivity index (χ2n) is 5.88. The highest BCUT2D eigenvalue weighted by Crippen LogP contribution is 2.39. The molecular weight excluding hydrogens is 309 g/mol. The van der Waals surface area contributed by atoms with Crippen molar-refractivity contribution in [1.29, 1.82) is 0 Å². The van der Waals surface area contributed by atoms with Gasteiger partial charge in [-0.05, 0) is 31.4 Å². The number of nitrogens with one attached hydrogen (secondary N) is 1. The molecule has 1 nitrogen and oxygen atoms in total. The minimum atomic E-state index is 0.370. The van der Waals surface area contributed by atoms with E-state index in [-0.39, 0.29) is 0 Å². The van der Waals surface area contributed by atoms with Gasteiger partial charge in [0.25, 0.3) is 0 Å². The molecular formula is C16H25Cl2NS. The number of halogens is 2. The minimum Gasteiger partial charge on any atom is -0.310 e. The molecule has 1 aliphatic carbocycles. The molecule has 20 heavy (non-hydrogen) atoms. The molecule has 1 aliphatic rings. The van der Waals surface area contributed by atoms with Gasteiger partial charge in [-0.1, -0.05) is 68.7 Å². The third-order valence-electron chi connectivity index (χ3n) is 4.24. The summed E-state index contributed by atoms with van der Waals surface area (Å²) in [6.45, 7) is 3.25. The molecule has 1 aromatic rings. The molecule has 1 atom stereocenters. The highest BCUT2D eigenvalue weighted by atomic mass is 35.5. The van der Waals surface area contributed by atoms with Crippen LogP contribution in [0.3, 0.4) is 0 Å². The molecule has 0 amide bonds. The zero-order valence-corrected chi connectivity index (χ0v) is 14.6. The standard InChI is InChI=1S/C16H25Cl2NS/c1-2-9-19-14(13-11-15(17)20-16(13)18)10-12-7-5-3-4-6-8-12/h11-12,14,19H,2-10H2,1H3. The van der Waals surface area contributed by atoms with E-state index in [1.807, 2.05) is 0 Å². The van der Waals surface area contributed by atoms with E-state index in [2.05, 4.69) is 18.3 Å². The van der Waals surface area contributed by atoms with Gasteiger partial charge in [-0.3, -0.25) is 0 Å². The molecule has 0 aromatic carbocycles. The predicted octanol–water partition coefficient (Wildman–Crippen LogP) is 6.46. The average molecular weight is 334 g/mol. The Morgan fingerprint density at radius 1 is 1.25 bits per heavy atom. The smallest absolute Gasteiger partial charge is 0.0991 e. The lowest BCUT2D eigenvalue weighted by Crippen LogP contribution is -2.24. The summed E-state index contributed by atoms with van der Waals surface area (Å²) in [5, 5.41) is 3.67. The first kappa shape index (κ1) is 16.6. The summed E-state index contributed by atoms with van der Waals surface area (Å²) in [4.78, 5) is 0. The van der Waals surface area contributed by atoms with Crippen LogP contribution in [0.5, 0.6) is 0 Å². The molecule has 2 rings (SSSR count). The van der Waals surface area contributed by atoms with Crippen molar-refractivity contribution in [2.45, 2.75) is 64.3 Å². The van der Waals surface area contributed by atoms with Gasteiger partial charge in [-0.2, -0.15) is 0 Å². The SMILES string of the molecule is CCCNC(CC1CCCCCC1)c1cc(Cl)sc1Cl. The zero-order chi connectivity index (χ0) is 14.4. The summed E-state index contributed by atoms with van der Waals surface area (Å²) in [5.41, 5.74) is 1.21. The first-order valence-corrected chi connectivity index (χ1v) is 9.46. The second kappa shape index (κ2) is 8.63. The van der Waals surface area contributed by atoms with Crippen molar-refractivity contribution in [3.63, 3.8) is 0 Å². The van der Waals surface area contributed by atoms with Crippen LogP contribution in [0.1, 0.15) is 69.9 Å². The van der Waals surface area contributed by atoms with E-state index in [0.717, 1.165) is 27.6 Å². The van der Waals surface area contributed by atoms with Crippen LogP contribution in [0.25, 0.3) is 0 Å². The topological polar surface area (TPSA) is 12.0 Å². The van der Waals surface area contributed by atoms with Crippen molar-refractivity contribution in [3.8, 4) is 0 Å². The molecule has 0 saturated heterocycles. The largest absolute Gasteiger partial charge is 0.310 e. The molecule has 0 bridgehead atoms. The number of hydrogen-bond acceptors (Lipinski definition) is 2. The zero-order valence-electron chi connectivity index (χ0n) is 12.3. The summed E-state index contributed by atoms with van der Waals surface area (Å²) in [6, 6.07) is 2.42. The molecule has 1 unspecified atom stereocenters. The van der Waals surface area contributed by atoms with Gasteiger partial charge in [-0.15, -0.1) is 11.3 Å². The van der Waals surface area contributed by atoms with Crippen molar-refractivity contribution >= 4 is 34.5 Å². The van der Waals surface area contributed by atoms with E-state index in [1.165, 1.54) is 61.8 Å². The van der Waals surface area contributed by atoms with E-state index in [0.29, 0.717) is 6.04 Å². The normalized spacial score (nSPS) is 18.9. The van der Waals surface area contributed by atoms with Crippen LogP contribution in [0, 0.1) is 5.92 Å². The first-order valence-electron chi connectivity index (χ1n) is 7.88. The van der Waals surface area contributed by atoms with Gasteiger partial charge in [0.2, 0.25) is 0 Å². The van der Waals surface area contributed by atoms with Gasteiger partial charge in [0.05, 0.1) is 8.67 Å². The lowest BCUT2D eigenvalue weighted by atomic mass is 9.90. The summed E-state index contributed by atoms with van der Waals surface area (Å²) in [7, 11) is 0. The second-order valence-corrected chi connectivity index (χ2v) is 8.17. The van der Waals surface area contributed by atoms with Crippen LogP contribution >= 0.6 is 34.5 Å². The Bertz CT molecular complexity index is 397. The van der Waals surface area contributed by atoms with Crippen LogP contribution in [0.2, 0.25) is 8.67 Å². The summed E-state index contributed by atoms with van der Waals surface area (Å²) in [6.07, 6.45) is 10.7. The maximum Gasteiger partial charge on any atom is 0.0991 e. The molecule has 1 fully saturated rings. The van der Waals surface area contributed by atoms with Crippen LogP contribution in [-0.4, -0.2) is 6.54 Å². The Kier molecular flexibility index (Phi) is 7.16. The summed E-state index contributed by atoms with van der Waals surface area (Å²) >= 11 is 14.0. The van der Waals surface area contributed by atoms with E-state index in [4.69, 9.17) is 23.2 Å².